The molecule has 12 heteroatoms. The molecule has 1 amide bonds. The van der Waals surface area contributed by atoms with Gasteiger partial charge in [-0.2, -0.15) is 5.10 Å². The number of morpholine rings is 1. The Kier molecular flexibility index (Phi) is 6.64. The number of aromatic nitrogens is 4. The van der Waals surface area contributed by atoms with Gasteiger partial charge in [0.05, 0.1) is 40.8 Å². The van der Waals surface area contributed by atoms with Gasteiger partial charge in [-0.15, -0.1) is 0 Å². The zero-order chi connectivity index (χ0) is 23.7. The van der Waals surface area contributed by atoms with E-state index in [0.717, 1.165) is 25.9 Å². The molecule has 2 saturated heterocycles. The van der Waals surface area contributed by atoms with E-state index in [1.807, 2.05) is 10.9 Å². The van der Waals surface area contributed by atoms with Crippen LogP contribution in [0.5, 0.6) is 0 Å². The van der Waals surface area contributed by atoms with Crippen molar-refractivity contribution in [1.29, 1.82) is 0 Å². The van der Waals surface area contributed by atoms with Crippen molar-refractivity contribution in [3.05, 3.63) is 46.6 Å². The number of hydrogen-bond acceptors (Lipinski definition) is 7. The maximum atomic E-state index is 14.8. The van der Waals surface area contributed by atoms with Gasteiger partial charge in [-0.05, 0) is 44.1 Å². The van der Waals surface area contributed by atoms with Crippen molar-refractivity contribution in [2.45, 2.75) is 18.9 Å². The largest absolute Gasteiger partial charge is 0.370 e. The maximum Gasteiger partial charge on any atom is 0.253 e. The average Bonchev–Trinajstić information content (AvgIpc) is 3.23. The number of piperidine rings is 1. The summed E-state index contributed by atoms with van der Waals surface area (Å²) in [5, 5.41) is 11.4. The Morgan fingerprint density at radius 3 is 2.82 bits per heavy atom. The van der Waals surface area contributed by atoms with Crippen LogP contribution in [-0.2, 0) is 9.53 Å². The molecular weight excluding hydrogens is 484 g/mol. The van der Waals surface area contributed by atoms with Gasteiger partial charge in [0, 0.05) is 18.4 Å². The van der Waals surface area contributed by atoms with Gasteiger partial charge in [-0.3, -0.25) is 9.48 Å². The molecule has 1 aromatic carbocycles. The van der Waals surface area contributed by atoms with E-state index in [2.05, 4.69) is 25.7 Å². The minimum atomic E-state index is -0.541. The summed E-state index contributed by atoms with van der Waals surface area (Å²) in [6.45, 7) is 2.46. The van der Waals surface area contributed by atoms with Gasteiger partial charge < -0.3 is 20.3 Å². The van der Waals surface area contributed by atoms with Gasteiger partial charge in [0.25, 0.3) is 5.91 Å². The second-order valence-corrected chi connectivity index (χ2v) is 8.84. The average molecular weight is 506 g/mol. The second kappa shape index (κ2) is 9.83. The monoisotopic (exact) mass is 505 g/mol. The van der Waals surface area contributed by atoms with Crippen LogP contribution in [-0.4, -0.2) is 58.5 Å². The summed E-state index contributed by atoms with van der Waals surface area (Å²) in [7, 11) is 0. The zero-order valence-corrected chi connectivity index (χ0v) is 19.6. The third kappa shape index (κ3) is 4.72. The molecule has 178 valence electrons. The van der Waals surface area contributed by atoms with E-state index in [1.54, 1.807) is 6.07 Å². The minimum Gasteiger partial charge on any atom is -0.370 e. The molecule has 0 bridgehead atoms. The molecule has 9 nitrogen and oxygen atoms in total. The third-order valence-corrected chi connectivity index (χ3v) is 6.41. The number of ether oxygens (including phenoxy) is 1. The van der Waals surface area contributed by atoms with Crippen molar-refractivity contribution >= 4 is 46.4 Å². The normalized spacial score (nSPS) is 17.3. The molecule has 2 fully saturated rings. The number of benzene rings is 1. The smallest absolute Gasteiger partial charge is 0.253 e. The summed E-state index contributed by atoms with van der Waals surface area (Å²) in [6, 6.07) is 4.74. The van der Waals surface area contributed by atoms with Gasteiger partial charge in [0.1, 0.15) is 12.4 Å². The zero-order valence-electron chi connectivity index (χ0n) is 18.1. The van der Waals surface area contributed by atoms with Crippen molar-refractivity contribution in [3.8, 4) is 11.3 Å². The highest BCUT2D eigenvalue weighted by atomic mass is 35.5. The molecule has 0 radical (unpaired) electrons. The fourth-order valence-electron chi connectivity index (χ4n) is 4.11. The predicted octanol–water partition coefficient (Wildman–Crippen LogP) is 3.82. The molecule has 34 heavy (non-hydrogen) atoms. The van der Waals surface area contributed by atoms with E-state index < -0.39 is 5.82 Å². The van der Waals surface area contributed by atoms with Crippen LogP contribution in [0.2, 0.25) is 10.2 Å². The van der Waals surface area contributed by atoms with Crippen LogP contribution in [0.25, 0.3) is 11.3 Å². The summed E-state index contributed by atoms with van der Waals surface area (Å²) in [4.78, 5) is 22.1. The Balaban J connectivity index is 1.38. The van der Waals surface area contributed by atoms with Crippen LogP contribution in [0.15, 0.2) is 30.6 Å². The molecule has 0 aliphatic carbocycles. The fraction of sp³-hybridized carbons (Fsp3) is 0.364. The lowest BCUT2D eigenvalue weighted by molar-refractivity contribution is -0.125. The molecule has 5 rings (SSSR count). The highest BCUT2D eigenvalue weighted by Crippen LogP contribution is 2.34. The number of nitrogens with zero attached hydrogens (tertiary/aromatic N) is 5. The third-order valence-electron chi connectivity index (χ3n) is 5.85. The molecular formula is C22H22Cl2FN7O2. The number of anilines is 3. The van der Waals surface area contributed by atoms with E-state index in [-0.39, 0.29) is 30.2 Å². The topological polar surface area (TPSA) is 97.2 Å². The van der Waals surface area contributed by atoms with Gasteiger partial charge in [0.15, 0.2) is 5.15 Å². The summed E-state index contributed by atoms with van der Waals surface area (Å²) < 4.78 is 21.8. The summed E-state index contributed by atoms with van der Waals surface area (Å²) in [5.74, 6) is -0.598. The Bertz CT molecular complexity index is 1220. The van der Waals surface area contributed by atoms with Gasteiger partial charge in [-0.25, -0.2) is 14.4 Å². The highest BCUT2D eigenvalue weighted by Gasteiger charge is 2.24. The van der Waals surface area contributed by atoms with Crippen LogP contribution in [0.4, 0.5) is 21.7 Å². The van der Waals surface area contributed by atoms with Crippen LogP contribution < -0.4 is 15.5 Å². The van der Waals surface area contributed by atoms with Crippen LogP contribution in [0.1, 0.15) is 18.9 Å². The van der Waals surface area contributed by atoms with Gasteiger partial charge in [-0.1, -0.05) is 23.2 Å². The Morgan fingerprint density at radius 1 is 1.24 bits per heavy atom. The SMILES string of the molecule is O=C1COCCN1c1ccc(Nc2ncc(Cl)c(-c3cn(C4CCNCC4)nc3Cl)n2)cc1F. The van der Waals surface area contributed by atoms with E-state index in [4.69, 9.17) is 27.9 Å². The lowest BCUT2D eigenvalue weighted by Crippen LogP contribution is -2.42. The lowest BCUT2D eigenvalue weighted by atomic mass is 10.1. The number of amides is 1. The summed E-state index contributed by atoms with van der Waals surface area (Å²) in [5.41, 5.74) is 1.66. The molecule has 2 aliphatic rings. The molecule has 2 N–H and O–H groups in total. The first-order chi connectivity index (χ1) is 16.5. The quantitative estimate of drug-likeness (QED) is 0.543. The molecule has 4 heterocycles. The van der Waals surface area contributed by atoms with Crippen LogP contribution in [0.3, 0.4) is 0 Å². The molecule has 0 unspecified atom stereocenters. The Hall–Kier alpha value is -2.79. The van der Waals surface area contributed by atoms with Gasteiger partial charge >= 0.3 is 0 Å². The van der Waals surface area contributed by atoms with Gasteiger partial charge in [0.2, 0.25) is 5.95 Å². The van der Waals surface area contributed by atoms with Crippen molar-refractivity contribution in [2.75, 3.05) is 43.1 Å². The highest BCUT2D eigenvalue weighted by molar-refractivity contribution is 6.35. The number of hydrogen-bond donors (Lipinski definition) is 2. The van der Waals surface area contributed by atoms with E-state index >= 15 is 0 Å². The molecule has 2 aromatic heterocycles. The van der Waals surface area contributed by atoms with Crippen LogP contribution in [0, 0.1) is 5.82 Å². The first kappa shape index (κ1) is 23.0. The van der Waals surface area contributed by atoms with Crippen LogP contribution >= 0.6 is 23.2 Å². The Labute approximate surface area is 205 Å². The van der Waals surface area contributed by atoms with E-state index in [9.17, 15) is 9.18 Å². The maximum absolute atomic E-state index is 14.8. The molecule has 3 aromatic rings. The number of rotatable bonds is 5. The molecule has 2 aliphatic heterocycles. The first-order valence-electron chi connectivity index (χ1n) is 10.9. The van der Waals surface area contributed by atoms with E-state index in [0.29, 0.717) is 40.3 Å². The van der Waals surface area contributed by atoms with Crippen molar-refractivity contribution in [1.82, 2.24) is 25.1 Å². The number of carbonyl (C=O) groups excluding carboxylic acids is 1. The lowest BCUT2D eigenvalue weighted by Gasteiger charge is -2.27. The standard InChI is InChI=1S/C22H22Cl2FN7O2/c23-16-10-27-22(28-13-1-2-18(17(25)9-13)31-7-8-34-12-19(31)33)29-20(16)15-11-32(30-21(15)24)14-3-5-26-6-4-14/h1-2,9-11,14,26H,3-8,12H2,(H,27,28,29). The Morgan fingerprint density at radius 2 is 2.06 bits per heavy atom. The fourth-order valence-corrected chi connectivity index (χ4v) is 4.53. The minimum absolute atomic E-state index is 0.0579. The molecule has 0 saturated carbocycles. The predicted molar refractivity (Wildman–Crippen MR) is 127 cm³/mol. The van der Waals surface area contributed by atoms with E-state index in [1.165, 1.54) is 23.2 Å². The summed E-state index contributed by atoms with van der Waals surface area (Å²) >= 11 is 12.8. The number of nitrogens with one attached hydrogen (secondary N) is 2. The molecule has 0 spiro atoms. The van der Waals surface area contributed by atoms with Crippen molar-refractivity contribution in [2.24, 2.45) is 0 Å². The summed E-state index contributed by atoms with van der Waals surface area (Å²) in [6.07, 6.45) is 5.23. The molecule has 0 atom stereocenters. The number of carbonyl (C=O) groups is 1. The van der Waals surface area contributed by atoms with Crippen molar-refractivity contribution < 1.29 is 13.9 Å². The van der Waals surface area contributed by atoms with Crippen molar-refractivity contribution in [3.63, 3.8) is 0 Å². The first-order valence-corrected chi connectivity index (χ1v) is 11.7. The second-order valence-electron chi connectivity index (χ2n) is 8.07. The number of halogens is 3.